The first-order chi connectivity index (χ1) is 24.3. The molecule has 9 rings (SSSR count). The largest absolute Gasteiger partial charge is 2.00 e. The SMILES string of the molecule is C1=Cc2nc1c(Nc1ccccc1)c1ccc([n-]1)c(-c1ccccc1)c1nc(c(-c3ccccc3)c3ccc([n-]3)c2-c2ccccc2)C=C1.[Zn+2]. The second kappa shape index (κ2) is 13.4. The number of benzene rings is 4. The van der Waals surface area contributed by atoms with Crippen LogP contribution in [0.3, 0.4) is 0 Å². The number of para-hydroxylation sites is 1. The van der Waals surface area contributed by atoms with Crippen molar-refractivity contribution in [2.24, 2.45) is 0 Å². The molecule has 50 heavy (non-hydrogen) atoms. The molecule has 0 saturated carbocycles. The smallest absolute Gasteiger partial charge is 0.657 e. The molecule has 4 aromatic carbocycles. The van der Waals surface area contributed by atoms with Crippen molar-refractivity contribution in [3.8, 4) is 33.4 Å². The molecule has 8 bridgehead atoms. The van der Waals surface area contributed by atoms with E-state index in [1.54, 1.807) is 0 Å². The van der Waals surface area contributed by atoms with E-state index in [1.807, 2.05) is 36.4 Å². The van der Waals surface area contributed by atoms with E-state index in [9.17, 15) is 0 Å². The molecule has 6 heteroatoms. The van der Waals surface area contributed by atoms with Gasteiger partial charge in [-0.15, -0.1) is 22.1 Å². The Balaban J connectivity index is 0.00000361. The van der Waals surface area contributed by atoms with Crippen molar-refractivity contribution in [2.45, 2.75) is 0 Å². The second-order valence-corrected chi connectivity index (χ2v) is 12.0. The third kappa shape index (κ3) is 5.80. The van der Waals surface area contributed by atoms with E-state index in [0.717, 1.165) is 89.6 Å². The van der Waals surface area contributed by atoms with Gasteiger partial charge in [-0.05, 0) is 69.8 Å². The summed E-state index contributed by atoms with van der Waals surface area (Å²) in [6.45, 7) is 0. The van der Waals surface area contributed by atoms with Crippen LogP contribution in [0, 0.1) is 0 Å². The molecule has 0 spiro atoms. The maximum Gasteiger partial charge on any atom is 2.00 e. The summed E-state index contributed by atoms with van der Waals surface area (Å²) in [6, 6.07) is 49.6. The van der Waals surface area contributed by atoms with Gasteiger partial charge in [-0.1, -0.05) is 133 Å². The quantitative estimate of drug-likeness (QED) is 0.182. The molecule has 0 saturated heterocycles. The van der Waals surface area contributed by atoms with Crippen molar-refractivity contribution < 1.29 is 19.5 Å². The first-order valence-corrected chi connectivity index (χ1v) is 16.3. The Morgan fingerprint density at radius 2 is 0.700 bits per heavy atom. The number of hydrogen-bond donors (Lipinski definition) is 1. The number of nitrogens with one attached hydrogen (secondary N) is 1. The molecule has 0 fully saturated rings. The molecule has 5 heterocycles. The summed E-state index contributed by atoms with van der Waals surface area (Å²) in [7, 11) is 0. The Morgan fingerprint density at radius 1 is 0.360 bits per heavy atom. The van der Waals surface area contributed by atoms with Gasteiger partial charge in [0.05, 0.1) is 22.8 Å². The van der Waals surface area contributed by atoms with Crippen LogP contribution in [0.25, 0.3) is 79.8 Å². The summed E-state index contributed by atoms with van der Waals surface area (Å²) in [5, 5.41) is 3.65. The van der Waals surface area contributed by atoms with Crippen LogP contribution in [0.4, 0.5) is 11.4 Å². The monoisotopic (exact) mass is 691 g/mol. The first-order valence-electron chi connectivity index (χ1n) is 16.3. The molecule has 0 unspecified atom stereocenters. The van der Waals surface area contributed by atoms with Gasteiger partial charge in [0.1, 0.15) is 0 Å². The molecule has 232 valence electrons. The Morgan fingerprint density at radius 3 is 1.14 bits per heavy atom. The maximum absolute atomic E-state index is 5.30. The predicted octanol–water partition coefficient (Wildman–Crippen LogP) is 10.7. The standard InChI is InChI=1S/C44H29N5.Zn/c1-5-13-29(14-6-1)41-33-21-23-35(46-33)42(30-15-7-2-8-16-30)37-25-27-39(48-37)44(45-32-19-11-4-12-20-32)40-28-26-38(49-40)43(31-17-9-3-10-18-31)36-24-22-34(41)47-36;/h1-28,45H;/q-2;+2. The van der Waals surface area contributed by atoms with Gasteiger partial charge in [-0.25, -0.2) is 9.97 Å². The van der Waals surface area contributed by atoms with Crippen LogP contribution in [0.1, 0.15) is 22.8 Å². The topological polar surface area (TPSA) is 66.0 Å². The number of anilines is 2. The van der Waals surface area contributed by atoms with Crippen LogP contribution in [0.5, 0.6) is 0 Å². The van der Waals surface area contributed by atoms with Gasteiger partial charge in [0.25, 0.3) is 0 Å². The van der Waals surface area contributed by atoms with Crippen LogP contribution in [0.15, 0.2) is 146 Å². The number of rotatable bonds is 5. The Hall–Kier alpha value is -6.10. The van der Waals surface area contributed by atoms with Gasteiger partial charge < -0.3 is 15.3 Å². The normalized spacial score (nSPS) is 11.7. The minimum Gasteiger partial charge on any atom is -0.657 e. The van der Waals surface area contributed by atoms with Crippen molar-refractivity contribution >= 4 is 57.7 Å². The molecule has 0 radical (unpaired) electrons. The summed E-state index contributed by atoms with van der Waals surface area (Å²) >= 11 is 0. The first kappa shape index (κ1) is 31.2. The fraction of sp³-hybridized carbons (Fsp3) is 0. The number of nitrogens with zero attached hydrogens (tertiary/aromatic N) is 4. The van der Waals surface area contributed by atoms with E-state index >= 15 is 0 Å². The minimum atomic E-state index is 0. The van der Waals surface area contributed by atoms with E-state index in [1.165, 1.54) is 0 Å². The molecule has 0 amide bonds. The van der Waals surface area contributed by atoms with E-state index in [-0.39, 0.29) is 19.5 Å². The molecule has 5 nitrogen and oxygen atoms in total. The number of aromatic nitrogens is 4. The van der Waals surface area contributed by atoms with Gasteiger partial charge in [-0.3, -0.25) is 0 Å². The zero-order valence-electron chi connectivity index (χ0n) is 27.2. The van der Waals surface area contributed by atoms with Crippen molar-refractivity contribution in [3.63, 3.8) is 0 Å². The summed E-state index contributed by atoms with van der Waals surface area (Å²) < 4.78 is 0. The Kier molecular flexibility index (Phi) is 8.38. The summed E-state index contributed by atoms with van der Waals surface area (Å²) in [5.41, 5.74) is 14.5. The molecule has 0 aliphatic carbocycles. The van der Waals surface area contributed by atoms with Gasteiger partial charge in [0.15, 0.2) is 0 Å². The van der Waals surface area contributed by atoms with Crippen LogP contribution < -0.4 is 15.3 Å². The van der Waals surface area contributed by atoms with Gasteiger partial charge in [0, 0.05) is 11.4 Å². The third-order valence-electron chi connectivity index (χ3n) is 8.84. The van der Waals surface area contributed by atoms with Crippen LogP contribution in [-0.4, -0.2) is 9.97 Å². The molecule has 3 aromatic heterocycles. The van der Waals surface area contributed by atoms with E-state index in [4.69, 9.17) is 19.9 Å². The van der Waals surface area contributed by atoms with Crippen molar-refractivity contribution in [2.75, 3.05) is 5.32 Å². The van der Waals surface area contributed by atoms with Gasteiger partial charge >= 0.3 is 19.5 Å². The Labute approximate surface area is 302 Å². The zero-order valence-corrected chi connectivity index (χ0v) is 30.1. The average molecular weight is 693 g/mol. The molecule has 2 aliphatic rings. The Bertz CT molecular complexity index is 2510. The summed E-state index contributed by atoms with van der Waals surface area (Å²) in [5.74, 6) is 0. The van der Waals surface area contributed by atoms with E-state index in [2.05, 4.69) is 139 Å². The van der Waals surface area contributed by atoms with Crippen molar-refractivity contribution in [3.05, 3.63) is 168 Å². The van der Waals surface area contributed by atoms with Crippen LogP contribution >= 0.6 is 0 Å². The predicted molar refractivity (Wildman–Crippen MR) is 203 cm³/mol. The third-order valence-corrected chi connectivity index (χ3v) is 8.84. The van der Waals surface area contributed by atoms with Crippen LogP contribution in [0.2, 0.25) is 0 Å². The van der Waals surface area contributed by atoms with Crippen LogP contribution in [-0.2, 0) is 19.5 Å². The van der Waals surface area contributed by atoms with E-state index < -0.39 is 0 Å². The molecule has 2 aliphatic heterocycles. The maximum atomic E-state index is 5.30. The van der Waals surface area contributed by atoms with Gasteiger partial charge in [-0.2, -0.15) is 0 Å². The van der Waals surface area contributed by atoms with Crippen molar-refractivity contribution in [1.82, 2.24) is 19.9 Å². The van der Waals surface area contributed by atoms with Gasteiger partial charge in [0.2, 0.25) is 0 Å². The fourth-order valence-electron chi connectivity index (χ4n) is 6.58. The second-order valence-electron chi connectivity index (χ2n) is 12.0. The summed E-state index contributed by atoms with van der Waals surface area (Å²) in [6.07, 6.45) is 8.33. The number of hydrogen-bond acceptors (Lipinski definition) is 3. The molecular formula is C44H29N5Zn. The number of fused-ring (bicyclic) bond motifs is 8. The van der Waals surface area contributed by atoms with E-state index in [0.29, 0.717) is 0 Å². The minimum absolute atomic E-state index is 0. The summed E-state index contributed by atoms with van der Waals surface area (Å²) in [4.78, 5) is 21.1. The molecular weight excluding hydrogens is 664 g/mol. The fourth-order valence-corrected chi connectivity index (χ4v) is 6.58. The molecule has 7 aromatic rings. The van der Waals surface area contributed by atoms with Crippen molar-refractivity contribution in [1.29, 1.82) is 0 Å². The molecule has 1 N–H and O–H groups in total. The average Bonchev–Trinajstić information content (AvgIpc) is 3.99. The zero-order chi connectivity index (χ0) is 32.6. The molecule has 0 atom stereocenters.